The number of phenolic OH excluding ortho intramolecular Hbond substituents is 2. The first-order chi connectivity index (χ1) is 18.2. The van der Waals surface area contributed by atoms with Gasteiger partial charge in [0.25, 0.3) is 0 Å². The maximum absolute atomic E-state index is 11.8. The molecular formula is C28H20O10. The van der Waals surface area contributed by atoms with Crippen LogP contribution < -0.4 is 9.47 Å². The molecule has 0 amide bonds. The highest BCUT2D eigenvalue weighted by Crippen LogP contribution is 2.21. The lowest BCUT2D eigenvalue weighted by Gasteiger charge is -2.07. The molecule has 0 saturated heterocycles. The number of aromatic carboxylic acids is 2. The molecule has 0 aliphatic rings. The largest absolute Gasteiger partial charge is 0.508 e. The molecule has 0 unspecified atom stereocenters. The SMILES string of the molecule is O=C(Oc1ccccc1C(=O)O)c1ccc(O)cc1.O=C(Oc1ccccc1C(=O)O)c1ccc(O)cc1. The maximum atomic E-state index is 11.8. The summed E-state index contributed by atoms with van der Waals surface area (Å²) in [5.41, 5.74) is 0.264. The van der Waals surface area contributed by atoms with Gasteiger partial charge < -0.3 is 29.9 Å². The van der Waals surface area contributed by atoms with E-state index in [-0.39, 0.29) is 45.3 Å². The zero-order valence-electron chi connectivity index (χ0n) is 19.5. The average molecular weight is 516 g/mol. The van der Waals surface area contributed by atoms with Crippen LogP contribution in [0.3, 0.4) is 0 Å². The number of benzene rings is 4. The monoisotopic (exact) mass is 516 g/mol. The molecule has 0 atom stereocenters. The molecule has 4 aromatic carbocycles. The minimum absolute atomic E-state index is 0.0203. The summed E-state index contributed by atoms with van der Waals surface area (Å²) >= 11 is 0. The van der Waals surface area contributed by atoms with Crippen LogP contribution in [-0.2, 0) is 0 Å². The number of hydrogen-bond donors (Lipinski definition) is 4. The van der Waals surface area contributed by atoms with Crippen molar-refractivity contribution in [2.45, 2.75) is 0 Å². The van der Waals surface area contributed by atoms with Crippen LogP contribution in [0.4, 0.5) is 0 Å². The van der Waals surface area contributed by atoms with Crippen molar-refractivity contribution in [3.63, 3.8) is 0 Å². The Morgan fingerprint density at radius 1 is 0.474 bits per heavy atom. The third-order valence-corrected chi connectivity index (χ3v) is 4.85. The number of hydrogen-bond acceptors (Lipinski definition) is 8. The van der Waals surface area contributed by atoms with Crippen molar-refractivity contribution in [2.75, 3.05) is 0 Å². The van der Waals surface area contributed by atoms with E-state index in [2.05, 4.69) is 0 Å². The standard InChI is InChI=1S/2C14H10O5/c2*15-10-7-5-9(6-8-10)14(18)19-12-4-2-1-3-11(12)13(16)17/h2*1-8,15H,(H,16,17). The van der Waals surface area contributed by atoms with Crippen molar-refractivity contribution < 1.29 is 49.1 Å². The molecule has 0 bridgehead atoms. The van der Waals surface area contributed by atoms with Gasteiger partial charge in [0.2, 0.25) is 0 Å². The minimum atomic E-state index is -1.17. The van der Waals surface area contributed by atoms with E-state index in [0.717, 1.165) is 0 Å². The smallest absolute Gasteiger partial charge is 0.343 e. The number of carbonyl (C=O) groups excluding carboxylic acids is 2. The van der Waals surface area contributed by atoms with Crippen LogP contribution in [0, 0.1) is 0 Å². The lowest BCUT2D eigenvalue weighted by molar-refractivity contribution is 0.0662. The summed E-state index contributed by atoms with van der Waals surface area (Å²) in [6, 6.07) is 22.7. The van der Waals surface area contributed by atoms with Crippen molar-refractivity contribution >= 4 is 23.9 Å². The fraction of sp³-hybridized carbons (Fsp3) is 0. The second-order valence-corrected chi connectivity index (χ2v) is 7.48. The van der Waals surface area contributed by atoms with Gasteiger partial charge in [-0.05, 0) is 72.8 Å². The van der Waals surface area contributed by atoms with Gasteiger partial charge in [-0.15, -0.1) is 0 Å². The van der Waals surface area contributed by atoms with Crippen LogP contribution >= 0.6 is 0 Å². The van der Waals surface area contributed by atoms with Gasteiger partial charge in [0.1, 0.15) is 34.1 Å². The van der Waals surface area contributed by atoms with Crippen LogP contribution in [0.5, 0.6) is 23.0 Å². The molecule has 0 spiro atoms. The van der Waals surface area contributed by atoms with Gasteiger partial charge in [0.15, 0.2) is 0 Å². The Labute approximate surface area is 215 Å². The summed E-state index contributed by atoms with van der Waals surface area (Å²) in [5, 5.41) is 36.2. The van der Waals surface area contributed by atoms with Gasteiger partial charge in [0, 0.05) is 0 Å². The number of carboxylic acid groups (broad SMARTS) is 2. The molecule has 10 heteroatoms. The van der Waals surface area contributed by atoms with Crippen LogP contribution in [0.25, 0.3) is 0 Å². The van der Waals surface area contributed by atoms with E-state index in [0.29, 0.717) is 0 Å². The highest BCUT2D eigenvalue weighted by atomic mass is 16.5. The zero-order chi connectivity index (χ0) is 27.7. The molecule has 192 valence electrons. The highest BCUT2D eigenvalue weighted by molar-refractivity contribution is 5.96. The van der Waals surface area contributed by atoms with Crippen LogP contribution in [-0.4, -0.2) is 44.3 Å². The predicted octanol–water partition coefficient (Wildman–Crippen LogP) is 4.62. The molecule has 0 aliphatic carbocycles. The number of aromatic hydroxyl groups is 2. The molecule has 38 heavy (non-hydrogen) atoms. The first-order valence-electron chi connectivity index (χ1n) is 10.8. The van der Waals surface area contributed by atoms with E-state index < -0.39 is 23.9 Å². The molecule has 0 heterocycles. The van der Waals surface area contributed by atoms with Gasteiger partial charge in [0.05, 0.1) is 11.1 Å². The van der Waals surface area contributed by atoms with Gasteiger partial charge >= 0.3 is 23.9 Å². The summed E-state index contributed by atoms with van der Waals surface area (Å²) in [5.74, 6) is -3.70. The zero-order valence-corrected chi connectivity index (χ0v) is 19.5. The second kappa shape index (κ2) is 12.4. The normalized spacial score (nSPS) is 9.89. The Bertz CT molecular complexity index is 1340. The lowest BCUT2D eigenvalue weighted by atomic mass is 10.2. The second-order valence-electron chi connectivity index (χ2n) is 7.48. The summed E-state index contributed by atoms with van der Waals surface area (Å²) in [4.78, 5) is 45.5. The van der Waals surface area contributed by atoms with E-state index in [1.807, 2.05) is 0 Å². The number of para-hydroxylation sites is 2. The summed E-state index contributed by atoms with van der Waals surface area (Å²) in [7, 11) is 0. The molecule has 0 saturated carbocycles. The molecule has 4 N–H and O–H groups in total. The van der Waals surface area contributed by atoms with Crippen LogP contribution in [0.15, 0.2) is 97.1 Å². The topological polar surface area (TPSA) is 168 Å². The molecular weight excluding hydrogens is 496 g/mol. The minimum Gasteiger partial charge on any atom is -0.508 e. The first-order valence-corrected chi connectivity index (χ1v) is 10.8. The van der Waals surface area contributed by atoms with Crippen molar-refractivity contribution in [1.82, 2.24) is 0 Å². The van der Waals surface area contributed by atoms with Crippen LogP contribution in [0.1, 0.15) is 41.4 Å². The Kier molecular flexibility index (Phi) is 8.77. The van der Waals surface area contributed by atoms with E-state index in [4.69, 9.17) is 29.9 Å². The third kappa shape index (κ3) is 7.18. The Balaban J connectivity index is 0.000000211. The van der Waals surface area contributed by atoms with Crippen molar-refractivity contribution in [3.8, 4) is 23.0 Å². The van der Waals surface area contributed by atoms with Crippen molar-refractivity contribution in [1.29, 1.82) is 0 Å². The first kappa shape index (κ1) is 27.0. The van der Waals surface area contributed by atoms with Crippen molar-refractivity contribution in [3.05, 3.63) is 119 Å². The lowest BCUT2D eigenvalue weighted by Crippen LogP contribution is -2.11. The number of phenols is 2. The molecule has 4 rings (SSSR count). The third-order valence-electron chi connectivity index (χ3n) is 4.85. The Hall–Kier alpha value is -5.64. The van der Waals surface area contributed by atoms with Gasteiger partial charge in [-0.25, -0.2) is 19.2 Å². The van der Waals surface area contributed by atoms with Crippen LogP contribution in [0.2, 0.25) is 0 Å². The maximum Gasteiger partial charge on any atom is 0.343 e. The van der Waals surface area contributed by atoms with E-state index in [1.54, 1.807) is 24.3 Å². The molecule has 4 aromatic rings. The van der Waals surface area contributed by atoms with Gasteiger partial charge in [-0.3, -0.25) is 0 Å². The fourth-order valence-corrected chi connectivity index (χ4v) is 2.98. The number of rotatable bonds is 6. The van der Waals surface area contributed by atoms with E-state index in [9.17, 15) is 19.2 Å². The summed E-state index contributed by atoms with van der Waals surface area (Å²) in [6.45, 7) is 0. The molecule has 0 aliphatic heterocycles. The van der Waals surface area contributed by atoms with E-state index in [1.165, 1.54) is 72.8 Å². The average Bonchev–Trinajstić information content (AvgIpc) is 2.90. The number of ether oxygens (including phenoxy) is 2. The van der Waals surface area contributed by atoms with E-state index >= 15 is 0 Å². The Morgan fingerprint density at radius 2 is 0.789 bits per heavy atom. The fourth-order valence-electron chi connectivity index (χ4n) is 2.98. The quantitative estimate of drug-likeness (QED) is 0.210. The molecule has 0 radical (unpaired) electrons. The predicted molar refractivity (Wildman–Crippen MR) is 133 cm³/mol. The highest BCUT2D eigenvalue weighted by Gasteiger charge is 2.16. The Morgan fingerprint density at radius 3 is 1.11 bits per heavy atom. The number of carboxylic acids is 2. The molecule has 10 nitrogen and oxygen atoms in total. The van der Waals surface area contributed by atoms with Gasteiger partial charge in [-0.2, -0.15) is 0 Å². The van der Waals surface area contributed by atoms with Crippen molar-refractivity contribution in [2.24, 2.45) is 0 Å². The number of carbonyl (C=O) groups is 4. The summed E-state index contributed by atoms with van der Waals surface area (Å²) < 4.78 is 10.1. The summed E-state index contributed by atoms with van der Waals surface area (Å²) in [6.07, 6.45) is 0. The molecule has 0 aromatic heterocycles. The van der Waals surface area contributed by atoms with Gasteiger partial charge in [-0.1, -0.05) is 24.3 Å². The molecule has 0 fully saturated rings. The number of esters is 2.